The molecule has 2 aromatic heterocycles. The van der Waals surface area contributed by atoms with E-state index < -0.39 is 5.82 Å². The summed E-state index contributed by atoms with van der Waals surface area (Å²) in [4.78, 5) is 20.5. The molecule has 1 aromatic carbocycles. The van der Waals surface area contributed by atoms with Gasteiger partial charge in [0.25, 0.3) is 5.91 Å². The number of ether oxygens (including phenoxy) is 3. The van der Waals surface area contributed by atoms with E-state index in [-0.39, 0.29) is 23.2 Å². The van der Waals surface area contributed by atoms with Crippen LogP contribution in [-0.4, -0.2) is 48.8 Å². The number of carbonyl (C=O) groups is 1. The number of anilines is 2. The summed E-state index contributed by atoms with van der Waals surface area (Å²) in [5, 5.41) is 6.12. The number of aromatic nitrogens is 2. The summed E-state index contributed by atoms with van der Waals surface area (Å²) < 4.78 is 31.4. The van der Waals surface area contributed by atoms with E-state index in [1.54, 1.807) is 24.5 Å². The first-order valence-electron chi connectivity index (χ1n) is 11.2. The molecule has 9 heteroatoms. The first-order chi connectivity index (χ1) is 16.4. The fraction of sp³-hybridized carbons (Fsp3) is 0.360. The van der Waals surface area contributed by atoms with Crippen LogP contribution in [0, 0.1) is 11.2 Å². The van der Waals surface area contributed by atoms with Crippen molar-refractivity contribution in [2.75, 3.05) is 32.2 Å². The van der Waals surface area contributed by atoms with E-state index in [4.69, 9.17) is 14.2 Å². The Bertz CT molecular complexity index is 1240. The molecule has 0 saturated carbocycles. The largest absolute Gasteiger partial charge is 0.492 e. The fourth-order valence-electron chi connectivity index (χ4n) is 4.33. The summed E-state index contributed by atoms with van der Waals surface area (Å²) in [5.41, 5.74) is 3.64. The number of hydrogen-bond acceptors (Lipinski definition) is 6. The molecule has 1 fully saturated rings. The highest BCUT2D eigenvalue weighted by Crippen LogP contribution is 2.42. The zero-order valence-corrected chi connectivity index (χ0v) is 19.3. The molecular formula is C25H27FN4O4. The molecule has 0 aliphatic carbocycles. The van der Waals surface area contributed by atoms with Crippen LogP contribution in [0.5, 0.6) is 11.5 Å². The lowest BCUT2D eigenvalue weighted by Crippen LogP contribution is -2.50. The Morgan fingerprint density at radius 2 is 2.18 bits per heavy atom. The summed E-state index contributed by atoms with van der Waals surface area (Å²) in [6.45, 7) is 5.89. The minimum absolute atomic E-state index is 0.0164. The third-order valence-corrected chi connectivity index (χ3v) is 6.37. The highest BCUT2D eigenvalue weighted by atomic mass is 19.1. The number of hydrogen-bond donors (Lipinski definition) is 3. The van der Waals surface area contributed by atoms with E-state index in [0.717, 1.165) is 11.3 Å². The maximum Gasteiger partial charge on any atom is 0.255 e. The molecule has 2 aliphatic rings. The number of pyridine rings is 1. The van der Waals surface area contributed by atoms with Gasteiger partial charge in [-0.15, -0.1) is 0 Å². The number of carbonyl (C=O) groups excluding carboxylic acids is 1. The van der Waals surface area contributed by atoms with Gasteiger partial charge in [0.05, 0.1) is 48.6 Å². The van der Waals surface area contributed by atoms with Crippen molar-refractivity contribution in [1.82, 2.24) is 15.3 Å². The molecule has 0 radical (unpaired) electrons. The normalized spacial score (nSPS) is 18.5. The first-order valence-corrected chi connectivity index (χ1v) is 11.2. The van der Waals surface area contributed by atoms with Crippen LogP contribution in [0.1, 0.15) is 29.9 Å². The molecule has 1 atom stereocenters. The SMILES string of the molecule is COc1c(F)cccc1Nc1c(-c2ccncc2OCC2OCC2(C)C)[nH]c2c1C(=O)NCC2. The molecule has 5 rings (SSSR count). The molecule has 4 heterocycles. The molecule has 2 aliphatic heterocycles. The van der Waals surface area contributed by atoms with Crippen LogP contribution >= 0.6 is 0 Å². The van der Waals surface area contributed by atoms with Gasteiger partial charge in [-0.05, 0) is 18.2 Å². The van der Waals surface area contributed by atoms with Crippen LogP contribution in [0.15, 0.2) is 36.7 Å². The van der Waals surface area contributed by atoms with E-state index in [2.05, 4.69) is 34.4 Å². The topological polar surface area (TPSA) is 97.5 Å². The number of H-pyrrole nitrogens is 1. The van der Waals surface area contributed by atoms with Crippen molar-refractivity contribution in [1.29, 1.82) is 0 Å². The third kappa shape index (κ3) is 3.86. The highest BCUT2D eigenvalue weighted by Gasteiger charge is 2.40. The molecule has 178 valence electrons. The number of methoxy groups -OCH3 is 1. The van der Waals surface area contributed by atoms with E-state index in [1.807, 2.05) is 6.07 Å². The molecule has 1 amide bonds. The zero-order chi connectivity index (χ0) is 23.9. The predicted octanol–water partition coefficient (Wildman–Crippen LogP) is 4.06. The smallest absolute Gasteiger partial charge is 0.255 e. The van der Waals surface area contributed by atoms with Crippen LogP contribution in [0.2, 0.25) is 0 Å². The average molecular weight is 467 g/mol. The van der Waals surface area contributed by atoms with Crippen LogP contribution < -0.4 is 20.1 Å². The predicted molar refractivity (Wildman–Crippen MR) is 125 cm³/mol. The van der Waals surface area contributed by atoms with Crippen molar-refractivity contribution in [3.8, 4) is 22.8 Å². The Labute approximate surface area is 196 Å². The minimum Gasteiger partial charge on any atom is -0.492 e. The van der Waals surface area contributed by atoms with Gasteiger partial charge < -0.3 is 29.8 Å². The zero-order valence-electron chi connectivity index (χ0n) is 19.3. The molecular weight excluding hydrogens is 439 g/mol. The maximum absolute atomic E-state index is 14.4. The molecule has 8 nitrogen and oxygen atoms in total. The lowest BCUT2D eigenvalue weighted by molar-refractivity contribution is -0.180. The molecule has 0 bridgehead atoms. The Morgan fingerprint density at radius 1 is 1.32 bits per heavy atom. The van der Waals surface area contributed by atoms with Gasteiger partial charge in [-0.3, -0.25) is 9.78 Å². The van der Waals surface area contributed by atoms with Crippen molar-refractivity contribution in [3.05, 3.63) is 53.7 Å². The highest BCUT2D eigenvalue weighted by molar-refractivity contribution is 6.06. The summed E-state index contributed by atoms with van der Waals surface area (Å²) in [5.74, 6) is -0.0843. The number of halogens is 1. The number of rotatable bonds is 7. The van der Waals surface area contributed by atoms with Gasteiger partial charge >= 0.3 is 0 Å². The van der Waals surface area contributed by atoms with Crippen LogP contribution in [-0.2, 0) is 11.2 Å². The number of fused-ring (bicyclic) bond motifs is 1. The van der Waals surface area contributed by atoms with Crippen LogP contribution in [0.25, 0.3) is 11.3 Å². The van der Waals surface area contributed by atoms with Crippen molar-refractivity contribution in [2.24, 2.45) is 5.41 Å². The molecule has 1 unspecified atom stereocenters. The fourth-order valence-corrected chi connectivity index (χ4v) is 4.33. The van der Waals surface area contributed by atoms with E-state index in [0.29, 0.717) is 54.6 Å². The second kappa shape index (κ2) is 8.64. The maximum atomic E-state index is 14.4. The second-order valence-corrected chi connectivity index (χ2v) is 9.15. The lowest BCUT2D eigenvalue weighted by Gasteiger charge is -2.43. The number of nitrogens with one attached hydrogen (secondary N) is 3. The molecule has 3 N–H and O–H groups in total. The monoisotopic (exact) mass is 466 g/mol. The Kier molecular flexibility index (Phi) is 5.65. The van der Waals surface area contributed by atoms with Crippen LogP contribution in [0.4, 0.5) is 15.8 Å². The van der Waals surface area contributed by atoms with Gasteiger partial charge in [-0.2, -0.15) is 0 Å². The average Bonchev–Trinajstić information content (AvgIpc) is 3.18. The number of benzene rings is 1. The van der Waals surface area contributed by atoms with Gasteiger partial charge in [0.1, 0.15) is 12.4 Å². The van der Waals surface area contributed by atoms with Gasteiger partial charge in [-0.1, -0.05) is 19.9 Å². The number of nitrogens with zero attached hydrogens (tertiary/aromatic N) is 1. The molecule has 34 heavy (non-hydrogen) atoms. The van der Waals surface area contributed by atoms with Gasteiger partial charge in [0.2, 0.25) is 0 Å². The molecule has 0 spiro atoms. The van der Waals surface area contributed by atoms with Crippen molar-refractivity contribution >= 4 is 17.3 Å². The lowest BCUT2D eigenvalue weighted by atomic mass is 9.83. The number of para-hydroxylation sites is 1. The third-order valence-electron chi connectivity index (χ3n) is 6.37. The van der Waals surface area contributed by atoms with E-state index in [1.165, 1.54) is 13.2 Å². The van der Waals surface area contributed by atoms with Crippen molar-refractivity contribution in [3.63, 3.8) is 0 Å². The van der Waals surface area contributed by atoms with Crippen LogP contribution in [0.3, 0.4) is 0 Å². The Morgan fingerprint density at radius 3 is 2.91 bits per heavy atom. The Balaban J connectivity index is 1.57. The molecule has 3 aromatic rings. The summed E-state index contributed by atoms with van der Waals surface area (Å²) in [6, 6.07) is 6.43. The minimum atomic E-state index is -0.501. The van der Waals surface area contributed by atoms with E-state index >= 15 is 0 Å². The van der Waals surface area contributed by atoms with Crippen molar-refractivity contribution < 1.29 is 23.4 Å². The summed E-state index contributed by atoms with van der Waals surface area (Å²) >= 11 is 0. The summed E-state index contributed by atoms with van der Waals surface area (Å²) in [6.07, 6.45) is 3.94. The van der Waals surface area contributed by atoms with Crippen molar-refractivity contribution in [2.45, 2.75) is 26.4 Å². The number of amides is 1. The number of aromatic amines is 1. The summed E-state index contributed by atoms with van der Waals surface area (Å²) in [7, 11) is 1.41. The second-order valence-electron chi connectivity index (χ2n) is 9.15. The molecule has 1 saturated heterocycles. The quantitative estimate of drug-likeness (QED) is 0.486. The van der Waals surface area contributed by atoms with Gasteiger partial charge in [-0.25, -0.2) is 4.39 Å². The van der Waals surface area contributed by atoms with Gasteiger partial charge in [0, 0.05) is 35.8 Å². The standard InChI is InChI=1S/C25H27FN4O4/c1-25(2)13-34-19(25)12-33-18-11-27-9-7-14(18)21-22(20-16(29-21)8-10-28-24(20)31)30-17-6-4-5-15(26)23(17)32-3/h4-7,9,11,19,29-30H,8,10,12-13H2,1-3H3,(H,28,31). The first kappa shape index (κ1) is 22.2. The van der Waals surface area contributed by atoms with Gasteiger partial charge in [0.15, 0.2) is 11.6 Å². The van der Waals surface area contributed by atoms with E-state index in [9.17, 15) is 9.18 Å². The Hall–Kier alpha value is -3.59.